The number of nitrogens with one attached hydrogen (secondary N) is 1. The normalized spacial score (nSPS) is 10.4. The van der Waals surface area contributed by atoms with Gasteiger partial charge in [-0.25, -0.2) is 0 Å². The number of ether oxygens (including phenoxy) is 1. The number of anilines is 1. The Hall–Kier alpha value is -3.60. The Kier molecular flexibility index (Phi) is 6.86. The molecule has 3 aromatic rings. The molecule has 0 aliphatic rings. The van der Waals surface area contributed by atoms with Crippen LogP contribution in [0.2, 0.25) is 0 Å². The van der Waals surface area contributed by atoms with Gasteiger partial charge in [-0.15, -0.1) is 0 Å². The third-order valence-corrected chi connectivity index (χ3v) is 4.63. The van der Waals surface area contributed by atoms with Crippen LogP contribution in [0.4, 0.5) is 5.69 Å². The Morgan fingerprint density at radius 1 is 0.900 bits per heavy atom. The van der Waals surface area contributed by atoms with Gasteiger partial charge in [-0.3, -0.25) is 9.59 Å². The van der Waals surface area contributed by atoms with Crippen molar-refractivity contribution in [2.75, 3.05) is 18.9 Å². The number of amides is 2. The highest BCUT2D eigenvalue weighted by atomic mass is 16.5. The number of carbonyl (C=O) groups is 2. The van der Waals surface area contributed by atoms with Crippen molar-refractivity contribution in [2.45, 2.75) is 20.5 Å². The molecule has 0 aliphatic carbocycles. The van der Waals surface area contributed by atoms with Crippen molar-refractivity contribution < 1.29 is 14.3 Å². The van der Waals surface area contributed by atoms with Crippen LogP contribution in [0, 0.1) is 13.8 Å². The molecule has 0 atom stereocenters. The number of benzene rings is 3. The summed E-state index contributed by atoms with van der Waals surface area (Å²) < 4.78 is 5.84. The van der Waals surface area contributed by atoms with Gasteiger partial charge in [-0.2, -0.15) is 0 Å². The van der Waals surface area contributed by atoms with E-state index in [1.165, 1.54) is 10.5 Å². The van der Waals surface area contributed by atoms with E-state index in [4.69, 9.17) is 4.74 Å². The van der Waals surface area contributed by atoms with Crippen LogP contribution in [-0.2, 0) is 11.4 Å². The molecule has 30 heavy (non-hydrogen) atoms. The Morgan fingerprint density at radius 2 is 1.63 bits per heavy atom. The van der Waals surface area contributed by atoms with Crippen molar-refractivity contribution in [2.24, 2.45) is 0 Å². The molecule has 5 heteroatoms. The van der Waals surface area contributed by atoms with E-state index in [-0.39, 0.29) is 18.4 Å². The summed E-state index contributed by atoms with van der Waals surface area (Å²) in [4.78, 5) is 26.4. The molecule has 0 heterocycles. The first-order chi connectivity index (χ1) is 14.4. The molecule has 0 spiro atoms. The summed E-state index contributed by atoms with van der Waals surface area (Å²) in [5, 5.41) is 2.80. The summed E-state index contributed by atoms with van der Waals surface area (Å²) >= 11 is 0. The molecule has 2 amide bonds. The van der Waals surface area contributed by atoms with Gasteiger partial charge in [0.15, 0.2) is 0 Å². The Balaban J connectivity index is 1.58. The monoisotopic (exact) mass is 402 g/mol. The van der Waals surface area contributed by atoms with Crippen LogP contribution >= 0.6 is 0 Å². The number of rotatable bonds is 7. The lowest BCUT2D eigenvalue weighted by molar-refractivity contribution is -0.116. The van der Waals surface area contributed by atoms with E-state index in [1.54, 1.807) is 25.2 Å². The summed E-state index contributed by atoms with van der Waals surface area (Å²) in [6.07, 6.45) is 0. The zero-order valence-corrected chi connectivity index (χ0v) is 17.5. The van der Waals surface area contributed by atoms with Gasteiger partial charge in [0, 0.05) is 18.3 Å². The minimum Gasteiger partial charge on any atom is -0.489 e. The zero-order chi connectivity index (χ0) is 21.5. The number of nitrogens with zero attached hydrogens (tertiary/aromatic N) is 1. The van der Waals surface area contributed by atoms with E-state index < -0.39 is 0 Å². The molecule has 0 radical (unpaired) electrons. The van der Waals surface area contributed by atoms with Crippen LogP contribution in [-0.4, -0.2) is 30.3 Å². The summed E-state index contributed by atoms with van der Waals surface area (Å²) in [6.45, 7) is 4.40. The number of likely N-dealkylation sites (N-methyl/N-ethyl adjacent to an activating group) is 1. The minimum absolute atomic E-state index is 0.0406. The lowest BCUT2D eigenvalue weighted by Crippen LogP contribution is -2.34. The Morgan fingerprint density at radius 3 is 2.37 bits per heavy atom. The van der Waals surface area contributed by atoms with Crippen LogP contribution in [0.15, 0.2) is 72.8 Å². The molecular formula is C25H26N2O3. The van der Waals surface area contributed by atoms with Crippen molar-refractivity contribution in [3.05, 3.63) is 95.1 Å². The third-order valence-electron chi connectivity index (χ3n) is 4.63. The second kappa shape index (κ2) is 9.74. The van der Waals surface area contributed by atoms with E-state index in [0.717, 1.165) is 11.1 Å². The van der Waals surface area contributed by atoms with Crippen molar-refractivity contribution >= 4 is 17.5 Å². The topological polar surface area (TPSA) is 58.6 Å². The first kappa shape index (κ1) is 21.1. The molecule has 154 valence electrons. The highest BCUT2D eigenvalue weighted by Gasteiger charge is 2.16. The van der Waals surface area contributed by atoms with E-state index in [1.807, 2.05) is 62.4 Å². The van der Waals surface area contributed by atoms with Crippen LogP contribution in [0.25, 0.3) is 0 Å². The molecule has 0 fully saturated rings. The number of aryl methyl sites for hydroxylation is 2. The molecule has 0 aliphatic heterocycles. The minimum atomic E-state index is -0.249. The maximum atomic E-state index is 12.7. The standard InChI is InChI=1S/C25H26N2O3/c1-18-10-12-22(13-11-18)26-24(28)16-27(3)25(29)21-8-5-9-23(15-21)30-17-20-7-4-6-19(2)14-20/h4-15H,16-17H2,1-3H3,(H,26,28). The van der Waals surface area contributed by atoms with Crippen molar-refractivity contribution in [3.63, 3.8) is 0 Å². The van der Waals surface area contributed by atoms with E-state index >= 15 is 0 Å². The van der Waals surface area contributed by atoms with Crippen LogP contribution in [0.3, 0.4) is 0 Å². The fourth-order valence-electron chi connectivity index (χ4n) is 3.03. The van der Waals surface area contributed by atoms with Crippen LogP contribution in [0.5, 0.6) is 5.75 Å². The molecule has 1 N–H and O–H groups in total. The third kappa shape index (κ3) is 5.95. The first-order valence-electron chi connectivity index (χ1n) is 9.81. The molecule has 0 saturated carbocycles. The maximum Gasteiger partial charge on any atom is 0.254 e. The number of carbonyl (C=O) groups excluding carboxylic acids is 2. The zero-order valence-electron chi connectivity index (χ0n) is 17.5. The second-order valence-corrected chi connectivity index (χ2v) is 7.38. The number of hydrogen-bond acceptors (Lipinski definition) is 3. The van der Waals surface area contributed by atoms with Gasteiger partial charge in [0.1, 0.15) is 12.4 Å². The Labute approximate surface area is 177 Å². The summed E-state index contributed by atoms with van der Waals surface area (Å²) in [5.41, 5.74) is 4.53. The lowest BCUT2D eigenvalue weighted by atomic mass is 10.1. The van der Waals surface area contributed by atoms with Crippen LogP contribution in [0.1, 0.15) is 27.0 Å². The van der Waals surface area contributed by atoms with Crippen molar-refractivity contribution in [3.8, 4) is 5.75 Å². The van der Waals surface area contributed by atoms with Gasteiger partial charge in [0.2, 0.25) is 5.91 Å². The second-order valence-electron chi connectivity index (χ2n) is 7.38. The van der Waals surface area contributed by atoms with E-state index in [2.05, 4.69) is 11.4 Å². The molecule has 0 bridgehead atoms. The van der Waals surface area contributed by atoms with Gasteiger partial charge in [0.05, 0.1) is 6.54 Å². The molecule has 0 unspecified atom stereocenters. The first-order valence-corrected chi connectivity index (χ1v) is 9.81. The van der Waals surface area contributed by atoms with Crippen molar-refractivity contribution in [1.29, 1.82) is 0 Å². The maximum absolute atomic E-state index is 12.7. The molecular weight excluding hydrogens is 376 g/mol. The van der Waals surface area contributed by atoms with Gasteiger partial charge in [-0.1, -0.05) is 53.6 Å². The predicted octanol–water partition coefficient (Wildman–Crippen LogP) is 4.59. The van der Waals surface area contributed by atoms with Gasteiger partial charge in [-0.05, 0) is 49.7 Å². The largest absolute Gasteiger partial charge is 0.489 e. The van der Waals surface area contributed by atoms with Gasteiger partial charge in [0.25, 0.3) is 5.91 Å². The molecule has 0 aromatic heterocycles. The lowest BCUT2D eigenvalue weighted by Gasteiger charge is -2.17. The van der Waals surface area contributed by atoms with Crippen molar-refractivity contribution in [1.82, 2.24) is 4.90 Å². The molecule has 0 saturated heterocycles. The van der Waals surface area contributed by atoms with E-state index in [9.17, 15) is 9.59 Å². The summed E-state index contributed by atoms with van der Waals surface area (Å²) in [7, 11) is 1.61. The fourth-order valence-corrected chi connectivity index (χ4v) is 3.03. The van der Waals surface area contributed by atoms with Gasteiger partial charge < -0.3 is 15.0 Å². The Bertz CT molecular complexity index is 1030. The quantitative estimate of drug-likeness (QED) is 0.629. The summed E-state index contributed by atoms with van der Waals surface area (Å²) in [6, 6.07) is 22.6. The number of hydrogen-bond donors (Lipinski definition) is 1. The average Bonchev–Trinajstić information content (AvgIpc) is 2.73. The summed E-state index contributed by atoms with van der Waals surface area (Å²) in [5.74, 6) is 0.122. The van der Waals surface area contributed by atoms with Gasteiger partial charge >= 0.3 is 0 Å². The van der Waals surface area contributed by atoms with E-state index in [0.29, 0.717) is 23.6 Å². The average molecular weight is 402 g/mol. The highest BCUT2D eigenvalue weighted by Crippen LogP contribution is 2.17. The highest BCUT2D eigenvalue weighted by molar-refractivity contribution is 5.99. The van der Waals surface area contributed by atoms with Crippen LogP contribution < -0.4 is 10.1 Å². The SMILES string of the molecule is Cc1ccc(NC(=O)CN(C)C(=O)c2cccc(OCc3cccc(C)c3)c2)cc1. The molecule has 5 nitrogen and oxygen atoms in total. The molecule has 3 rings (SSSR count). The smallest absolute Gasteiger partial charge is 0.254 e. The predicted molar refractivity (Wildman–Crippen MR) is 119 cm³/mol. The molecule has 3 aromatic carbocycles. The fraction of sp³-hybridized carbons (Fsp3) is 0.200.